The van der Waals surface area contributed by atoms with E-state index in [1.54, 1.807) is 30.3 Å². The molecule has 0 aromatic heterocycles. The Hall–Kier alpha value is -2.71. The molecule has 2 atom stereocenters. The lowest BCUT2D eigenvalue weighted by molar-refractivity contribution is -0.142. The molecule has 0 saturated carbocycles. The van der Waals surface area contributed by atoms with Crippen LogP contribution in [0.1, 0.15) is 18.4 Å². The Morgan fingerprint density at radius 3 is 2.31 bits per heavy atom. The lowest BCUT2D eigenvalue weighted by atomic mass is 9.97. The second-order valence-electron chi connectivity index (χ2n) is 7.10. The first-order chi connectivity index (χ1) is 13.9. The Bertz CT molecular complexity index is 948. The van der Waals surface area contributed by atoms with Crippen molar-refractivity contribution < 1.29 is 23.1 Å². The number of aliphatic carboxylic acids is 1. The minimum absolute atomic E-state index is 0.0424. The summed E-state index contributed by atoms with van der Waals surface area (Å²) in [7, 11) is -3.68. The van der Waals surface area contributed by atoms with Gasteiger partial charge in [0.05, 0.1) is 10.8 Å². The van der Waals surface area contributed by atoms with Gasteiger partial charge in [-0.3, -0.25) is 4.79 Å². The van der Waals surface area contributed by atoms with E-state index < -0.39 is 33.9 Å². The standard InChI is InChI=1S/C21H24N2O5S/c24-20(22-19(21(25)26)14-16-8-3-1-4-9-16)17-10-7-13-23(15-17)29(27,28)18-11-5-2-6-12-18/h1-6,8-9,11-12,17,19H,7,10,13-15H2,(H,22,24)(H,25,26). The van der Waals surface area contributed by atoms with E-state index in [1.165, 1.54) is 16.4 Å². The van der Waals surface area contributed by atoms with Crippen molar-refractivity contribution >= 4 is 21.9 Å². The van der Waals surface area contributed by atoms with E-state index in [1.807, 2.05) is 18.2 Å². The van der Waals surface area contributed by atoms with Gasteiger partial charge in [-0.1, -0.05) is 48.5 Å². The Morgan fingerprint density at radius 1 is 1.07 bits per heavy atom. The summed E-state index contributed by atoms with van der Waals surface area (Å²) in [4.78, 5) is 24.5. The largest absolute Gasteiger partial charge is 0.480 e. The van der Waals surface area contributed by atoms with E-state index in [-0.39, 0.29) is 17.9 Å². The molecule has 2 N–H and O–H groups in total. The molecule has 0 radical (unpaired) electrons. The lowest BCUT2D eigenvalue weighted by Crippen LogP contribution is -2.50. The first kappa shape index (κ1) is 21.0. The summed E-state index contributed by atoms with van der Waals surface area (Å²) in [6, 6.07) is 16.1. The fourth-order valence-electron chi connectivity index (χ4n) is 3.46. The first-order valence-corrected chi connectivity index (χ1v) is 10.9. The molecule has 1 aliphatic heterocycles. The minimum atomic E-state index is -3.68. The van der Waals surface area contributed by atoms with Crippen molar-refractivity contribution in [1.29, 1.82) is 0 Å². The van der Waals surface area contributed by atoms with E-state index in [0.29, 0.717) is 19.4 Å². The molecule has 1 aliphatic rings. The van der Waals surface area contributed by atoms with E-state index in [0.717, 1.165) is 5.56 Å². The molecule has 8 heteroatoms. The molecule has 3 rings (SSSR count). The number of benzene rings is 2. The van der Waals surface area contributed by atoms with Crippen LogP contribution in [0.3, 0.4) is 0 Å². The molecule has 154 valence electrons. The number of carbonyl (C=O) groups excluding carboxylic acids is 1. The van der Waals surface area contributed by atoms with Gasteiger partial charge in [0, 0.05) is 19.5 Å². The molecule has 2 aromatic rings. The topological polar surface area (TPSA) is 104 Å². The zero-order valence-electron chi connectivity index (χ0n) is 15.9. The molecule has 0 spiro atoms. The number of carboxylic acids is 1. The van der Waals surface area contributed by atoms with E-state index in [9.17, 15) is 23.1 Å². The number of carboxylic acid groups (broad SMARTS) is 1. The predicted molar refractivity (Wildman–Crippen MR) is 108 cm³/mol. The van der Waals surface area contributed by atoms with Gasteiger partial charge in [-0.05, 0) is 30.5 Å². The number of piperidine rings is 1. The third-order valence-electron chi connectivity index (χ3n) is 5.03. The van der Waals surface area contributed by atoms with Crippen molar-refractivity contribution in [1.82, 2.24) is 9.62 Å². The maximum atomic E-state index is 12.8. The van der Waals surface area contributed by atoms with Gasteiger partial charge in [-0.2, -0.15) is 4.31 Å². The van der Waals surface area contributed by atoms with Crippen LogP contribution in [0.25, 0.3) is 0 Å². The molecule has 1 fully saturated rings. The fourth-order valence-corrected chi connectivity index (χ4v) is 5.00. The number of carbonyl (C=O) groups is 2. The Morgan fingerprint density at radius 2 is 1.69 bits per heavy atom. The Kier molecular flexibility index (Phi) is 6.66. The van der Waals surface area contributed by atoms with E-state index in [2.05, 4.69) is 5.32 Å². The Balaban J connectivity index is 1.68. The van der Waals surface area contributed by atoms with Crippen molar-refractivity contribution in [2.45, 2.75) is 30.2 Å². The van der Waals surface area contributed by atoms with Crippen LogP contribution in [0.5, 0.6) is 0 Å². The van der Waals surface area contributed by atoms with Crippen molar-refractivity contribution in [3.63, 3.8) is 0 Å². The minimum Gasteiger partial charge on any atom is -0.480 e. The van der Waals surface area contributed by atoms with Gasteiger partial charge in [-0.15, -0.1) is 0 Å². The Labute approximate surface area is 170 Å². The monoisotopic (exact) mass is 416 g/mol. The maximum absolute atomic E-state index is 12.8. The van der Waals surface area contributed by atoms with Crippen LogP contribution in [-0.2, 0) is 26.0 Å². The van der Waals surface area contributed by atoms with Gasteiger partial charge >= 0.3 is 5.97 Å². The highest BCUT2D eigenvalue weighted by atomic mass is 32.2. The van der Waals surface area contributed by atoms with Gasteiger partial charge < -0.3 is 10.4 Å². The van der Waals surface area contributed by atoms with Crippen LogP contribution >= 0.6 is 0 Å². The molecule has 0 bridgehead atoms. The van der Waals surface area contributed by atoms with Gasteiger partial charge in [0.25, 0.3) is 0 Å². The number of nitrogens with one attached hydrogen (secondary N) is 1. The summed E-state index contributed by atoms with van der Waals surface area (Å²) in [5, 5.41) is 12.1. The van der Waals surface area contributed by atoms with Crippen molar-refractivity contribution in [3.05, 3.63) is 66.2 Å². The predicted octanol–water partition coefficient (Wildman–Crippen LogP) is 1.90. The van der Waals surface area contributed by atoms with Crippen LogP contribution < -0.4 is 5.32 Å². The number of hydrogen-bond acceptors (Lipinski definition) is 4. The number of rotatable bonds is 7. The SMILES string of the molecule is O=C(NC(Cc1ccccc1)C(=O)O)C1CCCN(S(=O)(=O)c2ccccc2)C1. The highest BCUT2D eigenvalue weighted by Gasteiger charge is 2.34. The van der Waals surface area contributed by atoms with E-state index >= 15 is 0 Å². The third-order valence-corrected chi connectivity index (χ3v) is 6.91. The smallest absolute Gasteiger partial charge is 0.326 e. The van der Waals surface area contributed by atoms with Crippen LogP contribution in [0, 0.1) is 5.92 Å². The summed E-state index contributed by atoms with van der Waals surface area (Å²) in [6.07, 6.45) is 1.23. The maximum Gasteiger partial charge on any atom is 0.326 e. The first-order valence-electron chi connectivity index (χ1n) is 9.50. The summed E-state index contributed by atoms with van der Waals surface area (Å²) in [5.74, 6) is -2.13. The third kappa shape index (κ3) is 5.21. The van der Waals surface area contributed by atoms with Crippen LogP contribution in [-0.4, -0.2) is 48.8 Å². The van der Waals surface area contributed by atoms with Gasteiger partial charge in [0.1, 0.15) is 6.04 Å². The molecule has 7 nitrogen and oxygen atoms in total. The summed E-state index contributed by atoms with van der Waals surface area (Å²) >= 11 is 0. The zero-order valence-corrected chi connectivity index (χ0v) is 16.7. The van der Waals surface area contributed by atoms with Gasteiger partial charge in [0.15, 0.2) is 0 Å². The highest BCUT2D eigenvalue weighted by molar-refractivity contribution is 7.89. The number of hydrogen-bond donors (Lipinski definition) is 2. The number of nitrogens with zero attached hydrogens (tertiary/aromatic N) is 1. The summed E-state index contributed by atoms with van der Waals surface area (Å²) in [6.45, 7) is 0.383. The average Bonchev–Trinajstić information content (AvgIpc) is 2.74. The molecule has 2 unspecified atom stereocenters. The molecular weight excluding hydrogens is 392 g/mol. The van der Waals surface area contributed by atoms with Crippen LogP contribution in [0.15, 0.2) is 65.6 Å². The normalized spacial score (nSPS) is 18.7. The second kappa shape index (κ2) is 9.19. The van der Waals surface area contributed by atoms with Crippen molar-refractivity contribution in [3.8, 4) is 0 Å². The molecule has 1 heterocycles. The molecular formula is C21H24N2O5S. The fraction of sp³-hybridized carbons (Fsp3) is 0.333. The van der Waals surface area contributed by atoms with Crippen LogP contribution in [0.2, 0.25) is 0 Å². The summed E-state index contributed by atoms with van der Waals surface area (Å²) in [5.41, 5.74) is 0.803. The highest BCUT2D eigenvalue weighted by Crippen LogP contribution is 2.24. The van der Waals surface area contributed by atoms with E-state index in [4.69, 9.17) is 0 Å². The quantitative estimate of drug-likeness (QED) is 0.717. The molecule has 1 saturated heterocycles. The molecule has 1 amide bonds. The number of amides is 1. The van der Waals surface area contributed by atoms with Gasteiger partial charge in [0.2, 0.25) is 15.9 Å². The molecule has 29 heavy (non-hydrogen) atoms. The van der Waals surface area contributed by atoms with Crippen molar-refractivity contribution in [2.24, 2.45) is 5.92 Å². The molecule has 2 aromatic carbocycles. The second-order valence-corrected chi connectivity index (χ2v) is 9.04. The molecule has 0 aliphatic carbocycles. The average molecular weight is 416 g/mol. The zero-order chi connectivity index (χ0) is 20.9. The number of sulfonamides is 1. The van der Waals surface area contributed by atoms with Crippen LogP contribution in [0.4, 0.5) is 0 Å². The lowest BCUT2D eigenvalue weighted by Gasteiger charge is -2.31. The van der Waals surface area contributed by atoms with Crippen molar-refractivity contribution in [2.75, 3.05) is 13.1 Å². The summed E-state index contributed by atoms with van der Waals surface area (Å²) < 4.78 is 27.0. The van der Waals surface area contributed by atoms with Gasteiger partial charge in [-0.25, -0.2) is 13.2 Å².